The maximum absolute atomic E-state index is 6.14. The molecule has 1 unspecified atom stereocenters. The molecule has 0 bridgehead atoms. The summed E-state index contributed by atoms with van der Waals surface area (Å²) in [5.74, 6) is 0.869. The van der Waals surface area contributed by atoms with Gasteiger partial charge in [0.25, 0.3) is 0 Å². The van der Waals surface area contributed by atoms with Crippen molar-refractivity contribution in [3.05, 3.63) is 53.1 Å². The van der Waals surface area contributed by atoms with E-state index in [0.29, 0.717) is 13.2 Å². The lowest BCUT2D eigenvalue weighted by Gasteiger charge is -2.23. The minimum absolute atomic E-state index is 0.0339. The summed E-state index contributed by atoms with van der Waals surface area (Å²) in [6, 6.07) is 6.60. The number of fused-ring (bicyclic) bond motifs is 2. The molecule has 0 saturated carbocycles. The van der Waals surface area contributed by atoms with Crippen molar-refractivity contribution in [1.29, 1.82) is 0 Å². The maximum Gasteiger partial charge on any atom is 0.159 e. The number of ether oxygens (including phenoxy) is 2. The molecule has 1 aliphatic carbocycles. The second kappa shape index (κ2) is 9.55. The first-order valence-electron chi connectivity index (χ1n) is 13.0. The van der Waals surface area contributed by atoms with E-state index < -0.39 is 0 Å². The fourth-order valence-electron chi connectivity index (χ4n) is 5.40. The van der Waals surface area contributed by atoms with Crippen LogP contribution in [-0.4, -0.2) is 37.9 Å². The molecule has 1 saturated heterocycles. The van der Waals surface area contributed by atoms with Gasteiger partial charge in [-0.05, 0) is 87.6 Å². The molecule has 1 aromatic carbocycles. The number of benzene rings is 1. The Kier molecular flexibility index (Phi) is 6.12. The summed E-state index contributed by atoms with van der Waals surface area (Å²) in [5, 5.41) is 6.20. The van der Waals surface area contributed by atoms with Gasteiger partial charge in [0.2, 0.25) is 0 Å². The summed E-state index contributed by atoms with van der Waals surface area (Å²) in [4.78, 5) is 13.1. The van der Waals surface area contributed by atoms with Gasteiger partial charge in [0, 0.05) is 42.3 Å². The van der Waals surface area contributed by atoms with Gasteiger partial charge in [-0.25, -0.2) is 9.67 Å². The number of hydrogen-bond donors (Lipinski definition) is 1. The number of aryl methyl sites for hydroxylation is 2. The molecule has 1 atom stereocenters. The Hall–Kier alpha value is -3.03. The molecule has 0 radical (unpaired) electrons. The molecule has 7 heteroatoms. The zero-order valence-electron chi connectivity index (χ0n) is 20.6. The fourth-order valence-corrected chi connectivity index (χ4v) is 5.40. The standard InChI is InChI=1S/C28H33N5O2/c1-3-34-17-20-15-29-16-22(18(20)2)19-11-12-25-21(14-19)27(32-33(25)26-10-6-7-13-35-26)28-30-23-8-4-5-9-24(23)31-28/h11-12,14-16,26H,3-10,13,17H2,1-2H3,(H,30,31). The molecule has 0 amide bonds. The normalized spacial score (nSPS) is 18.2. The molecule has 3 aromatic heterocycles. The minimum Gasteiger partial charge on any atom is -0.377 e. The number of aromatic amines is 1. The Balaban J connectivity index is 1.49. The maximum atomic E-state index is 6.14. The van der Waals surface area contributed by atoms with Crippen molar-refractivity contribution in [2.75, 3.05) is 13.2 Å². The molecule has 7 nitrogen and oxygen atoms in total. The van der Waals surface area contributed by atoms with E-state index in [1.807, 2.05) is 19.3 Å². The molecular formula is C28H33N5O2. The number of pyridine rings is 1. The average molecular weight is 472 g/mol. The van der Waals surface area contributed by atoms with Crippen LogP contribution in [0, 0.1) is 6.92 Å². The van der Waals surface area contributed by atoms with Crippen LogP contribution in [0.2, 0.25) is 0 Å². The molecule has 1 N–H and O–H groups in total. The lowest BCUT2D eigenvalue weighted by atomic mass is 9.98. The Labute approximate surface area is 205 Å². The van der Waals surface area contributed by atoms with Crippen molar-refractivity contribution < 1.29 is 9.47 Å². The van der Waals surface area contributed by atoms with Crippen molar-refractivity contribution in [3.8, 4) is 22.6 Å². The van der Waals surface area contributed by atoms with Crippen LogP contribution in [0.15, 0.2) is 30.6 Å². The largest absolute Gasteiger partial charge is 0.377 e. The number of nitrogens with zero attached hydrogens (tertiary/aromatic N) is 4. The van der Waals surface area contributed by atoms with Crippen LogP contribution in [0.3, 0.4) is 0 Å². The molecule has 4 aromatic rings. The molecule has 2 aliphatic rings. The van der Waals surface area contributed by atoms with E-state index in [1.54, 1.807) is 0 Å². The number of aromatic nitrogens is 5. The van der Waals surface area contributed by atoms with Crippen molar-refractivity contribution in [2.24, 2.45) is 0 Å². The van der Waals surface area contributed by atoms with Gasteiger partial charge < -0.3 is 14.5 Å². The van der Waals surface area contributed by atoms with Gasteiger partial charge in [-0.3, -0.25) is 4.98 Å². The van der Waals surface area contributed by atoms with E-state index in [2.05, 4.69) is 39.8 Å². The number of H-pyrrole nitrogens is 1. The number of nitrogens with one attached hydrogen (secondary N) is 1. The van der Waals surface area contributed by atoms with Crippen molar-refractivity contribution in [3.63, 3.8) is 0 Å². The average Bonchev–Trinajstić information content (AvgIpc) is 3.50. The van der Waals surface area contributed by atoms with E-state index in [9.17, 15) is 0 Å². The summed E-state index contributed by atoms with van der Waals surface area (Å²) < 4.78 is 13.9. The molecule has 1 aliphatic heterocycles. The van der Waals surface area contributed by atoms with Crippen LogP contribution >= 0.6 is 0 Å². The second-order valence-corrected chi connectivity index (χ2v) is 9.67. The highest BCUT2D eigenvalue weighted by Crippen LogP contribution is 2.36. The third kappa shape index (κ3) is 4.17. The Bertz CT molecular complexity index is 1330. The first kappa shape index (κ1) is 22.4. The lowest BCUT2D eigenvalue weighted by molar-refractivity contribution is -0.0365. The Morgan fingerprint density at radius 2 is 2.06 bits per heavy atom. The zero-order chi connectivity index (χ0) is 23.8. The summed E-state index contributed by atoms with van der Waals surface area (Å²) in [6.07, 6.45) is 11.6. The van der Waals surface area contributed by atoms with Crippen LogP contribution in [0.25, 0.3) is 33.5 Å². The number of hydrogen-bond acceptors (Lipinski definition) is 5. The monoisotopic (exact) mass is 471 g/mol. The number of imidazole rings is 1. The van der Waals surface area contributed by atoms with Gasteiger partial charge in [-0.2, -0.15) is 5.10 Å². The molecular weight excluding hydrogens is 438 g/mol. The van der Waals surface area contributed by atoms with Gasteiger partial charge in [-0.1, -0.05) is 6.07 Å². The lowest BCUT2D eigenvalue weighted by Crippen LogP contribution is -2.19. The van der Waals surface area contributed by atoms with E-state index >= 15 is 0 Å². The van der Waals surface area contributed by atoms with Crippen molar-refractivity contribution >= 4 is 10.9 Å². The Morgan fingerprint density at radius 3 is 2.89 bits per heavy atom. The van der Waals surface area contributed by atoms with E-state index in [4.69, 9.17) is 19.6 Å². The molecule has 4 heterocycles. The zero-order valence-corrected chi connectivity index (χ0v) is 20.6. The fraction of sp³-hybridized carbons (Fsp3) is 0.464. The summed E-state index contributed by atoms with van der Waals surface area (Å²) in [7, 11) is 0. The van der Waals surface area contributed by atoms with Crippen LogP contribution in [-0.2, 0) is 28.9 Å². The van der Waals surface area contributed by atoms with Gasteiger partial charge in [0.1, 0.15) is 5.69 Å². The van der Waals surface area contributed by atoms with Crippen LogP contribution in [0.5, 0.6) is 0 Å². The van der Waals surface area contributed by atoms with Gasteiger partial charge in [0.15, 0.2) is 12.1 Å². The summed E-state index contributed by atoms with van der Waals surface area (Å²) in [5.41, 5.74) is 9.02. The molecule has 182 valence electrons. The smallest absolute Gasteiger partial charge is 0.159 e. The highest BCUT2D eigenvalue weighted by Gasteiger charge is 2.25. The highest BCUT2D eigenvalue weighted by molar-refractivity contribution is 5.95. The van der Waals surface area contributed by atoms with Gasteiger partial charge in [0.05, 0.1) is 17.8 Å². The van der Waals surface area contributed by atoms with Crippen LogP contribution in [0.4, 0.5) is 0 Å². The molecule has 0 spiro atoms. The van der Waals surface area contributed by atoms with Crippen molar-refractivity contribution in [2.45, 2.75) is 71.6 Å². The number of rotatable bonds is 6. The summed E-state index contributed by atoms with van der Waals surface area (Å²) >= 11 is 0. The molecule has 35 heavy (non-hydrogen) atoms. The van der Waals surface area contributed by atoms with E-state index in [-0.39, 0.29) is 6.23 Å². The van der Waals surface area contributed by atoms with Crippen molar-refractivity contribution in [1.82, 2.24) is 24.7 Å². The van der Waals surface area contributed by atoms with E-state index in [0.717, 1.165) is 77.8 Å². The first-order chi connectivity index (χ1) is 17.2. The predicted octanol–water partition coefficient (Wildman–Crippen LogP) is 5.91. The minimum atomic E-state index is -0.0339. The third-order valence-corrected chi connectivity index (χ3v) is 7.41. The van der Waals surface area contributed by atoms with E-state index in [1.165, 1.54) is 29.8 Å². The Morgan fingerprint density at radius 1 is 1.14 bits per heavy atom. The first-order valence-corrected chi connectivity index (χ1v) is 13.0. The summed E-state index contributed by atoms with van der Waals surface area (Å²) in [6.45, 7) is 6.21. The highest BCUT2D eigenvalue weighted by atomic mass is 16.5. The SMILES string of the molecule is CCOCc1cncc(-c2ccc3c(c2)c(-c2nc4c([nH]2)CCCC4)nn3C2CCCCO2)c1C. The molecule has 6 rings (SSSR count). The van der Waals surface area contributed by atoms with Crippen LogP contribution in [0.1, 0.15) is 67.8 Å². The quantitative estimate of drug-likeness (QED) is 0.378. The third-order valence-electron chi connectivity index (χ3n) is 7.41. The van der Waals surface area contributed by atoms with Crippen LogP contribution < -0.4 is 0 Å². The topological polar surface area (TPSA) is 77.9 Å². The second-order valence-electron chi connectivity index (χ2n) is 9.67. The van der Waals surface area contributed by atoms with Gasteiger partial charge >= 0.3 is 0 Å². The van der Waals surface area contributed by atoms with Gasteiger partial charge in [-0.15, -0.1) is 0 Å². The predicted molar refractivity (Wildman–Crippen MR) is 136 cm³/mol. The molecule has 1 fully saturated rings.